The number of benzene rings is 1. The zero-order chi connectivity index (χ0) is 12.8. The van der Waals surface area contributed by atoms with Gasteiger partial charge < -0.3 is 10.6 Å². The summed E-state index contributed by atoms with van der Waals surface area (Å²) >= 11 is 0. The molecule has 0 saturated carbocycles. The zero-order valence-electron chi connectivity index (χ0n) is 11.0. The lowest BCUT2D eigenvalue weighted by Crippen LogP contribution is -2.24. The molecule has 0 heterocycles. The van der Waals surface area contributed by atoms with Crippen LogP contribution in [-0.2, 0) is 6.42 Å². The Morgan fingerprint density at radius 3 is 2.35 bits per heavy atom. The molecule has 0 spiro atoms. The van der Waals surface area contributed by atoms with Crippen molar-refractivity contribution in [2.24, 2.45) is 5.73 Å². The number of anilines is 1. The van der Waals surface area contributed by atoms with E-state index in [2.05, 4.69) is 0 Å². The fraction of sp³-hybridized carbons (Fsp3) is 0.571. The molecule has 0 aromatic heterocycles. The SMILES string of the molecule is CCC(N)Cc1ccc(N(CC)CC)c(F)c1. The molecule has 2 N–H and O–H groups in total. The van der Waals surface area contributed by atoms with Crippen LogP contribution in [0.5, 0.6) is 0 Å². The van der Waals surface area contributed by atoms with Crippen molar-refractivity contribution < 1.29 is 4.39 Å². The maximum Gasteiger partial charge on any atom is 0.146 e. The standard InChI is InChI=1S/C14H23FN2/c1-4-12(16)9-11-7-8-14(13(15)10-11)17(5-2)6-3/h7-8,10,12H,4-6,9,16H2,1-3H3. The van der Waals surface area contributed by atoms with Gasteiger partial charge in [-0.2, -0.15) is 0 Å². The molecule has 1 unspecified atom stereocenters. The fourth-order valence-corrected chi connectivity index (χ4v) is 1.95. The highest BCUT2D eigenvalue weighted by Gasteiger charge is 2.10. The van der Waals surface area contributed by atoms with Gasteiger partial charge in [0.05, 0.1) is 5.69 Å². The van der Waals surface area contributed by atoms with E-state index in [4.69, 9.17) is 5.73 Å². The highest BCUT2D eigenvalue weighted by molar-refractivity contribution is 5.49. The maximum absolute atomic E-state index is 13.9. The van der Waals surface area contributed by atoms with Crippen molar-refractivity contribution >= 4 is 5.69 Å². The average molecular weight is 238 g/mol. The molecular formula is C14H23FN2. The van der Waals surface area contributed by atoms with Crippen LogP contribution in [0.25, 0.3) is 0 Å². The van der Waals surface area contributed by atoms with Gasteiger partial charge in [0.1, 0.15) is 5.82 Å². The molecule has 0 radical (unpaired) electrons. The first-order valence-corrected chi connectivity index (χ1v) is 6.41. The van der Waals surface area contributed by atoms with Crippen molar-refractivity contribution in [2.75, 3.05) is 18.0 Å². The smallest absolute Gasteiger partial charge is 0.146 e. The van der Waals surface area contributed by atoms with Gasteiger partial charge in [-0.15, -0.1) is 0 Å². The monoisotopic (exact) mass is 238 g/mol. The quantitative estimate of drug-likeness (QED) is 0.825. The first-order chi connectivity index (χ1) is 8.12. The topological polar surface area (TPSA) is 29.3 Å². The van der Waals surface area contributed by atoms with E-state index < -0.39 is 0 Å². The second kappa shape index (κ2) is 6.60. The Kier molecular flexibility index (Phi) is 5.42. The Labute approximate surface area is 104 Å². The van der Waals surface area contributed by atoms with E-state index in [0.717, 1.165) is 31.5 Å². The van der Waals surface area contributed by atoms with Crippen molar-refractivity contribution in [3.8, 4) is 0 Å². The number of rotatable bonds is 6. The molecule has 1 aromatic rings. The second-order valence-corrected chi connectivity index (χ2v) is 4.33. The summed E-state index contributed by atoms with van der Waals surface area (Å²) in [4.78, 5) is 2.01. The third kappa shape index (κ3) is 3.70. The number of hydrogen-bond acceptors (Lipinski definition) is 2. The predicted octanol–water partition coefficient (Wildman–Crippen LogP) is 2.95. The number of nitrogens with two attached hydrogens (primary N) is 1. The van der Waals surface area contributed by atoms with Crippen LogP contribution < -0.4 is 10.6 Å². The van der Waals surface area contributed by atoms with Crippen molar-refractivity contribution in [3.05, 3.63) is 29.6 Å². The highest BCUT2D eigenvalue weighted by atomic mass is 19.1. The van der Waals surface area contributed by atoms with E-state index in [9.17, 15) is 4.39 Å². The summed E-state index contributed by atoms with van der Waals surface area (Å²) in [5.41, 5.74) is 7.54. The molecule has 0 aliphatic rings. The first-order valence-electron chi connectivity index (χ1n) is 6.41. The molecule has 17 heavy (non-hydrogen) atoms. The van der Waals surface area contributed by atoms with Gasteiger partial charge in [0, 0.05) is 19.1 Å². The van der Waals surface area contributed by atoms with Gasteiger partial charge in [-0.05, 0) is 44.4 Å². The summed E-state index contributed by atoms with van der Waals surface area (Å²) in [6, 6.07) is 5.57. The third-order valence-electron chi connectivity index (χ3n) is 3.14. The van der Waals surface area contributed by atoms with Gasteiger partial charge in [-0.25, -0.2) is 4.39 Å². The number of hydrogen-bond donors (Lipinski definition) is 1. The van der Waals surface area contributed by atoms with Gasteiger partial charge in [0.25, 0.3) is 0 Å². The highest BCUT2D eigenvalue weighted by Crippen LogP contribution is 2.21. The van der Waals surface area contributed by atoms with Gasteiger partial charge in [-0.3, -0.25) is 0 Å². The van der Waals surface area contributed by atoms with E-state index in [0.29, 0.717) is 5.69 Å². The summed E-state index contributed by atoms with van der Waals surface area (Å²) in [6.07, 6.45) is 1.66. The molecule has 3 heteroatoms. The van der Waals surface area contributed by atoms with Crippen molar-refractivity contribution in [1.82, 2.24) is 0 Å². The molecule has 1 rings (SSSR count). The van der Waals surface area contributed by atoms with Crippen LogP contribution in [0.2, 0.25) is 0 Å². The van der Waals surface area contributed by atoms with Crippen LogP contribution in [0.1, 0.15) is 32.8 Å². The largest absolute Gasteiger partial charge is 0.370 e. The summed E-state index contributed by atoms with van der Waals surface area (Å²) in [5, 5.41) is 0. The molecule has 0 amide bonds. The minimum absolute atomic E-state index is 0.119. The summed E-state index contributed by atoms with van der Waals surface area (Å²) in [5.74, 6) is -0.144. The van der Waals surface area contributed by atoms with E-state index >= 15 is 0 Å². The lowest BCUT2D eigenvalue weighted by Gasteiger charge is -2.22. The average Bonchev–Trinajstić information content (AvgIpc) is 2.33. The normalized spacial score (nSPS) is 12.5. The Morgan fingerprint density at radius 2 is 1.88 bits per heavy atom. The van der Waals surface area contributed by atoms with E-state index in [-0.39, 0.29) is 11.9 Å². The van der Waals surface area contributed by atoms with Gasteiger partial charge in [0.2, 0.25) is 0 Å². The van der Waals surface area contributed by atoms with Crippen molar-refractivity contribution in [1.29, 1.82) is 0 Å². The van der Waals surface area contributed by atoms with Crippen molar-refractivity contribution in [3.63, 3.8) is 0 Å². The molecule has 0 aliphatic carbocycles. The zero-order valence-corrected chi connectivity index (χ0v) is 11.0. The van der Waals surface area contributed by atoms with Crippen molar-refractivity contribution in [2.45, 2.75) is 39.7 Å². The van der Waals surface area contributed by atoms with Crippen LogP contribution in [0.3, 0.4) is 0 Å². The second-order valence-electron chi connectivity index (χ2n) is 4.33. The lowest BCUT2D eigenvalue weighted by molar-refractivity contribution is 0.609. The number of halogens is 1. The van der Waals surface area contributed by atoms with Gasteiger partial charge >= 0.3 is 0 Å². The predicted molar refractivity (Wildman–Crippen MR) is 71.9 cm³/mol. The summed E-state index contributed by atoms with van der Waals surface area (Å²) < 4.78 is 13.9. The third-order valence-corrected chi connectivity index (χ3v) is 3.14. The van der Waals surface area contributed by atoms with Gasteiger partial charge in [0.15, 0.2) is 0 Å². The first kappa shape index (κ1) is 14.0. The minimum Gasteiger partial charge on any atom is -0.370 e. The van der Waals surface area contributed by atoms with Crippen LogP contribution >= 0.6 is 0 Å². The maximum atomic E-state index is 13.9. The fourth-order valence-electron chi connectivity index (χ4n) is 1.95. The summed E-state index contributed by atoms with van der Waals surface area (Å²) in [6.45, 7) is 7.75. The molecule has 1 aromatic carbocycles. The van der Waals surface area contributed by atoms with Crippen LogP contribution in [0.15, 0.2) is 18.2 Å². The molecule has 0 saturated heterocycles. The molecule has 96 valence electrons. The summed E-state index contributed by atoms with van der Waals surface area (Å²) in [7, 11) is 0. The Balaban J connectivity index is 2.85. The van der Waals surface area contributed by atoms with Crippen LogP contribution in [0, 0.1) is 5.82 Å². The minimum atomic E-state index is -0.144. The molecule has 0 aliphatic heterocycles. The van der Waals surface area contributed by atoms with E-state index in [1.165, 1.54) is 0 Å². The lowest BCUT2D eigenvalue weighted by atomic mass is 10.0. The molecule has 0 fully saturated rings. The Morgan fingerprint density at radius 1 is 1.24 bits per heavy atom. The van der Waals surface area contributed by atoms with Crippen LogP contribution in [0.4, 0.5) is 10.1 Å². The van der Waals surface area contributed by atoms with Gasteiger partial charge in [-0.1, -0.05) is 13.0 Å². The van der Waals surface area contributed by atoms with Crippen LogP contribution in [-0.4, -0.2) is 19.1 Å². The molecule has 1 atom stereocenters. The van der Waals surface area contributed by atoms with E-state index in [1.54, 1.807) is 6.07 Å². The van der Waals surface area contributed by atoms with E-state index in [1.807, 2.05) is 37.8 Å². The Hall–Kier alpha value is -1.09. The molecule has 2 nitrogen and oxygen atoms in total. The molecular weight excluding hydrogens is 215 g/mol. The Bertz CT molecular complexity index is 348. The molecule has 0 bridgehead atoms. The number of nitrogens with zero attached hydrogens (tertiary/aromatic N) is 1.